The fraction of sp³-hybridized carbons (Fsp3) is 0.778. The van der Waals surface area contributed by atoms with Crippen LogP contribution in [0.5, 0.6) is 0 Å². The van der Waals surface area contributed by atoms with Gasteiger partial charge in [0.15, 0.2) is 0 Å². The molecule has 6 atom stereocenters. The number of hydrogen-bond donors (Lipinski definition) is 2. The molecule has 0 aromatic rings. The van der Waals surface area contributed by atoms with E-state index in [2.05, 4.69) is 13.0 Å². The van der Waals surface area contributed by atoms with Crippen LogP contribution >= 0.6 is 0 Å². The first-order valence-corrected chi connectivity index (χ1v) is 8.37. The van der Waals surface area contributed by atoms with Gasteiger partial charge < -0.3 is 10.2 Å². The van der Waals surface area contributed by atoms with Crippen LogP contribution in [0.15, 0.2) is 23.5 Å². The molecular formula is C18H26Ac2O2. The SMILES string of the molecule is CC12CCC3C4CCC(O)=CC4=CCC3C1CCC2O.[Ac].[Ac]. The van der Waals surface area contributed by atoms with Crippen LogP contribution in [0.3, 0.4) is 0 Å². The maximum atomic E-state index is 10.4. The molecule has 4 aliphatic carbocycles. The molecule has 0 amide bonds. The molecule has 116 valence electrons. The molecule has 2 radical (unpaired) electrons. The fourth-order valence-corrected chi connectivity index (χ4v) is 5.91. The van der Waals surface area contributed by atoms with Crippen molar-refractivity contribution in [1.29, 1.82) is 0 Å². The van der Waals surface area contributed by atoms with Gasteiger partial charge in [-0.05, 0) is 79.3 Å². The minimum absolute atomic E-state index is 0. The minimum Gasteiger partial charge on any atom is -0.512 e. The molecule has 0 aromatic carbocycles. The first-order valence-electron chi connectivity index (χ1n) is 8.37. The van der Waals surface area contributed by atoms with Gasteiger partial charge in [0.2, 0.25) is 0 Å². The van der Waals surface area contributed by atoms with Crippen molar-refractivity contribution in [1.82, 2.24) is 0 Å². The Morgan fingerprint density at radius 1 is 1.09 bits per heavy atom. The number of allylic oxidation sites excluding steroid dienone is 4. The van der Waals surface area contributed by atoms with E-state index < -0.39 is 0 Å². The average Bonchev–Trinajstić information content (AvgIpc) is 2.74. The summed E-state index contributed by atoms with van der Waals surface area (Å²) in [7, 11) is 0. The summed E-state index contributed by atoms with van der Waals surface area (Å²) in [6, 6.07) is 0. The molecule has 0 bridgehead atoms. The third-order valence-corrected chi connectivity index (χ3v) is 7.06. The molecule has 0 aromatic heterocycles. The Morgan fingerprint density at radius 2 is 1.86 bits per heavy atom. The molecule has 2 nitrogen and oxygen atoms in total. The van der Waals surface area contributed by atoms with Crippen LogP contribution in [-0.4, -0.2) is 16.3 Å². The molecule has 6 unspecified atom stereocenters. The second-order valence-corrected chi connectivity index (χ2v) is 7.79. The Kier molecular flexibility index (Phi) is 7.23. The van der Waals surface area contributed by atoms with Gasteiger partial charge in [-0.15, -0.1) is 0 Å². The van der Waals surface area contributed by atoms with E-state index in [0.717, 1.165) is 37.5 Å². The van der Waals surface area contributed by atoms with E-state index in [1.54, 1.807) is 0 Å². The normalized spacial score (nSPS) is 46.0. The van der Waals surface area contributed by atoms with E-state index in [4.69, 9.17) is 0 Å². The molecule has 0 aliphatic heterocycles. The van der Waals surface area contributed by atoms with Crippen LogP contribution < -0.4 is 0 Å². The van der Waals surface area contributed by atoms with Gasteiger partial charge >= 0.3 is 0 Å². The standard InChI is InChI=1S/C18H26O2.2Ac/c1-18-9-8-14-13-5-3-12(19)10-11(13)2-4-15(14)16(18)6-7-17(18)20;;/h2,10,13-17,19-20H,3-9H2,1H3;;. The molecule has 4 aliphatic rings. The Morgan fingerprint density at radius 3 is 2.64 bits per heavy atom. The van der Waals surface area contributed by atoms with Gasteiger partial charge in [-0.3, -0.25) is 0 Å². The number of aliphatic hydroxyl groups excluding tert-OH is 2. The molecular weight excluding hydrogens is 702 g/mol. The summed E-state index contributed by atoms with van der Waals surface area (Å²) in [5.74, 6) is 3.53. The van der Waals surface area contributed by atoms with Gasteiger partial charge in [0.1, 0.15) is 0 Å². The quantitative estimate of drug-likeness (QED) is 0.397. The maximum absolute atomic E-state index is 10.4. The third kappa shape index (κ3) is 3.25. The summed E-state index contributed by atoms with van der Waals surface area (Å²) in [5.41, 5.74) is 1.58. The summed E-state index contributed by atoms with van der Waals surface area (Å²) in [6.45, 7) is 2.33. The largest absolute Gasteiger partial charge is 0.512 e. The van der Waals surface area contributed by atoms with Crippen LogP contribution in [0.25, 0.3) is 0 Å². The van der Waals surface area contributed by atoms with Crippen LogP contribution in [0, 0.1) is 117 Å². The molecule has 0 heterocycles. The Labute approximate surface area is 205 Å². The van der Waals surface area contributed by atoms with Gasteiger partial charge in [-0.25, -0.2) is 0 Å². The molecule has 4 heteroatoms. The first-order chi connectivity index (χ1) is 9.59. The molecule has 2 fully saturated rings. The van der Waals surface area contributed by atoms with Crippen molar-refractivity contribution in [3.63, 3.8) is 0 Å². The topological polar surface area (TPSA) is 40.5 Å². The van der Waals surface area contributed by atoms with E-state index in [0.29, 0.717) is 17.6 Å². The Hall–Kier alpha value is 2.12. The first kappa shape index (κ1) is 20.4. The van der Waals surface area contributed by atoms with E-state index in [1.807, 2.05) is 6.08 Å². The van der Waals surface area contributed by atoms with E-state index >= 15 is 0 Å². The molecule has 4 rings (SSSR count). The maximum Gasteiger partial charge on any atom is 0.0925 e. The van der Waals surface area contributed by atoms with Crippen molar-refractivity contribution < 1.29 is 98.3 Å². The van der Waals surface area contributed by atoms with Crippen LogP contribution in [-0.2, 0) is 0 Å². The van der Waals surface area contributed by atoms with Crippen LogP contribution in [0.1, 0.15) is 51.9 Å². The van der Waals surface area contributed by atoms with Crippen LogP contribution in [0.2, 0.25) is 0 Å². The van der Waals surface area contributed by atoms with Gasteiger partial charge in [-0.2, -0.15) is 0 Å². The van der Waals surface area contributed by atoms with E-state index in [9.17, 15) is 10.2 Å². The zero-order valence-electron chi connectivity index (χ0n) is 13.5. The smallest absolute Gasteiger partial charge is 0.0925 e. The molecule has 0 spiro atoms. The molecule has 2 saturated carbocycles. The molecule has 2 N–H and O–H groups in total. The summed E-state index contributed by atoms with van der Waals surface area (Å²) < 4.78 is 0. The Bertz CT molecular complexity index is 487. The van der Waals surface area contributed by atoms with Crippen molar-refractivity contribution in [2.75, 3.05) is 0 Å². The van der Waals surface area contributed by atoms with Crippen molar-refractivity contribution in [3.05, 3.63) is 23.5 Å². The van der Waals surface area contributed by atoms with Crippen molar-refractivity contribution >= 4 is 0 Å². The third-order valence-electron chi connectivity index (χ3n) is 7.06. The number of rotatable bonds is 0. The van der Waals surface area contributed by atoms with Crippen molar-refractivity contribution in [3.8, 4) is 0 Å². The van der Waals surface area contributed by atoms with Gasteiger partial charge in [0.25, 0.3) is 0 Å². The number of hydrogen-bond acceptors (Lipinski definition) is 2. The summed E-state index contributed by atoms with van der Waals surface area (Å²) in [4.78, 5) is 0. The second-order valence-electron chi connectivity index (χ2n) is 7.79. The van der Waals surface area contributed by atoms with E-state index in [1.165, 1.54) is 24.8 Å². The Balaban J connectivity index is 0.000000882. The van der Waals surface area contributed by atoms with Crippen molar-refractivity contribution in [2.24, 2.45) is 29.1 Å². The second kappa shape index (κ2) is 7.79. The fourth-order valence-electron chi connectivity index (χ4n) is 5.91. The predicted molar refractivity (Wildman–Crippen MR) is 79.2 cm³/mol. The van der Waals surface area contributed by atoms with Gasteiger partial charge in [0, 0.05) is 94.5 Å². The zero-order valence-corrected chi connectivity index (χ0v) is 23.0. The predicted octanol–water partition coefficient (Wildman–Crippen LogP) is 3.97. The molecule has 22 heavy (non-hydrogen) atoms. The van der Waals surface area contributed by atoms with Gasteiger partial charge in [-0.1, -0.05) is 13.0 Å². The summed E-state index contributed by atoms with van der Waals surface area (Å²) in [6.07, 6.45) is 12.2. The summed E-state index contributed by atoms with van der Waals surface area (Å²) in [5, 5.41) is 20.1. The van der Waals surface area contributed by atoms with Crippen molar-refractivity contribution in [2.45, 2.75) is 58.0 Å². The van der Waals surface area contributed by atoms with Gasteiger partial charge in [0.05, 0.1) is 11.9 Å². The van der Waals surface area contributed by atoms with Crippen LogP contribution in [0.4, 0.5) is 0 Å². The van der Waals surface area contributed by atoms with E-state index in [-0.39, 0.29) is 99.6 Å². The minimum atomic E-state index is -0.0749. The monoisotopic (exact) mass is 728 g/mol. The zero-order chi connectivity index (χ0) is 13.9. The number of fused-ring (bicyclic) bond motifs is 5. The molecule has 0 saturated heterocycles. The average molecular weight is 728 g/mol. The number of aliphatic hydroxyl groups is 2. The summed E-state index contributed by atoms with van der Waals surface area (Å²) >= 11 is 0.